The second-order valence-electron chi connectivity index (χ2n) is 7.93. The summed E-state index contributed by atoms with van der Waals surface area (Å²) in [4.78, 5) is 28.9. The molecule has 0 saturated carbocycles. The van der Waals surface area contributed by atoms with Gasteiger partial charge in [-0.25, -0.2) is 0 Å². The molecule has 2 amide bonds. The maximum atomic E-state index is 13.2. The molecule has 4 rings (SSSR count). The molecular formula is C25H24N2O3. The zero-order valence-electron chi connectivity index (χ0n) is 16.8. The highest BCUT2D eigenvalue weighted by atomic mass is 16.5. The smallest absolute Gasteiger partial charge is 0.253 e. The lowest BCUT2D eigenvalue weighted by atomic mass is 9.69. The minimum atomic E-state index is -0.120. The van der Waals surface area contributed by atoms with Crippen molar-refractivity contribution in [3.8, 4) is 18.1 Å². The Labute approximate surface area is 176 Å². The van der Waals surface area contributed by atoms with Gasteiger partial charge in [-0.2, -0.15) is 0 Å². The molecule has 2 saturated heterocycles. The van der Waals surface area contributed by atoms with Gasteiger partial charge in [0, 0.05) is 43.1 Å². The number of likely N-dealkylation sites (tertiary alicyclic amines) is 2. The van der Waals surface area contributed by atoms with Gasteiger partial charge < -0.3 is 14.5 Å². The Morgan fingerprint density at radius 1 is 1.10 bits per heavy atom. The normalized spacial score (nSPS) is 19.1. The van der Waals surface area contributed by atoms with E-state index >= 15 is 0 Å². The first-order valence-electron chi connectivity index (χ1n) is 9.98. The van der Waals surface area contributed by atoms with Crippen LogP contribution in [0.1, 0.15) is 21.8 Å². The predicted octanol–water partition coefficient (Wildman–Crippen LogP) is 2.95. The number of hydrogen-bond donors (Lipinski definition) is 0. The van der Waals surface area contributed by atoms with Gasteiger partial charge in [0.05, 0.1) is 0 Å². The number of ether oxygens (including phenoxy) is 1. The molecule has 2 aromatic carbocycles. The van der Waals surface area contributed by atoms with Gasteiger partial charge in [0.25, 0.3) is 5.91 Å². The van der Waals surface area contributed by atoms with Crippen LogP contribution in [0.3, 0.4) is 0 Å². The highest BCUT2D eigenvalue weighted by Gasteiger charge is 2.56. The van der Waals surface area contributed by atoms with Crippen molar-refractivity contribution in [2.45, 2.75) is 5.92 Å². The summed E-state index contributed by atoms with van der Waals surface area (Å²) >= 11 is 0. The highest BCUT2D eigenvalue weighted by Crippen LogP contribution is 2.49. The third kappa shape index (κ3) is 3.57. The lowest BCUT2D eigenvalue weighted by molar-refractivity contribution is -0.137. The van der Waals surface area contributed by atoms with E-state index in [9.17, 15) is 9.59 Å². The Balaban J connectivity index is 1.54. The Hall–Kier alpha value is -3.52. The van der Waals surface area contributed by atoms with Gasteiger partial charge in [0.2, 0.25) is 5.91 Å². The van der Waals surface area contributed by atoms with E-state index in [1.807, 2.05) is 23.1 Å². The van der Waals surface area contributed by atoms with Crippen molar-refractivity contribution >= 4 is 11.8 Å². The van der Waals surface area contributed by atoms with Crippen LogP contribution in [0.15, 0.2) is 67.3 Å². The van der Waals surface area contributed by atoms with E-state index in [-0.39, 0.29) is 29.8 Å². The summed E-state index contributed by atoms with van der Waals surface area (Å²) in [6.45, 7) is 6.32. The molecule has 5 nitrogen and oxygen atoms in total. The number of nitrogens with zero attached hydrogens (tertiary/aromatic N) is 2. The molecule has 0 bridgehead atoms. The molecule has 152 valence electrons. The van der Waals surface area contributed by atoms with E-state index in [4.69, 9.17) is 11.2 Å². The number of terminal acetylenes is 1. The fourth-order valence-electron chi connectivity index (χ4n) is 4.59. The van der Waals surface area contributed by atoms with Crippen LogP contribution in [0, 0.1) is 17.8 Å². The van der Waals surface area contributed by atoms with Gasteiger partial charge >= 0.3 is 0 Å². The minimum Gasteiger partial charge on any atom is -0.481 e. The molecule has 0 radical (unpaired) electrons. The highest BCUT2D eigenvalue weighted by molar-refractivity contribution is 5.95. The van der Waals surface area contributed by atoms with E-state index in [2.05, 4.69) is 24.6 Å². The molecule has 2 aromatic rings. The van der Waals surface area contributed by atoms with Crippen LogP contribution in [-0.4, -0.2) is 54.4 Å². The van der Waals surface area contributed by atoms with Crippen LogP contribution in [0.25, 0.3) is 0 Å². The van der Waals surface area contributed by atoms with Gasteiger partial charge in [-0.05, 0) is 35.9 Å². The quantitative estimate of drug-likeness (QED) is 0.573. The summed E-state index contributed by atoms with van der Waals surface area (Å²) in [6.07, 6.45) is 6.57. The van der Waals surface area contributed by atoms with Crippen molar-refractivity contribution in [1.82, 2.24) is 9.80 Å². The van der Waals surface area contributed by atoms with Crippen molar-refractivity contribution < 1.29 is 14.3 Å². The van der Waals surface area contributed by atoms with E-state index in [1.54, 1.807) is 29.2 Å². The molecular weight excluding hydrogens is 376 g/mol. The van der Waals surface area contributed by atoms with E-state index < -0.39 is 0 Å². The molecule has 2 heterocycles. The molecule has 2 aliphatic rings. The number of amides is 2. The lowest BCUT2D eigenvalue weighted by Gasteiger charge is -2.50. The third-order valence-corrected chi connectivity index (χ3v) is 6.06. The molecule has 5 heteroatoms. The number of rotatable bonds is 5. The Kier molecular flexibility index (Phi) is 5.33. The summed E-state index contributed by atoms with van der Waals surface area (Å²) in [7, 11) is 0. The molecule has 0 aromatic heterocycles. The Morgan fingerprint density at radius 3 is 2.40 bits per heavy atom. The van der Waals surface area contributed by atoms with Gasteiger partial charge in [-0.15, -0.1) is 6.42 Å². The fraction of sp³-hybridized carbons (Fsp3) is 0.280. The molecule has 0 aliphatic carbocycles. The second kappa shape index (κ2) is 8.08. The maximum absolute atomic E-state index is 13.2. The summed E-state index contributed by atoms with van der Waals surface area (Å²) in [6, 6.07) is 17.3. The first-order chi connectivity index (χ1) is 14.6. The number of carbonyl (C=O) groups excluding carboxylic acids is 2. The van der Waals surface area contributed by atoms with Gasteiger partial charge in [-0.3, -0.25) is 9.59 Å². The van der Waals surface area contributed by atoms with Gasteiger partial charge in [0.15, 0.2) is 0 Å². The topological polar surface area (TPSA) is 49.9 Å². The molecule has 1 spiro atoms. The van der Waals surface area contributed by atoms with E-state index in [0.29, 0.717) is 37.5 Å². The first kappa shape index (κ1) is 19.8. The largest absolute Gasteiger partial charge is 0.481 e. The monoisotopic (exact) mass is 400 g/mol. The third-order valence-electron chi connectivity index (χ3n) is 6.06. The summed E-state index contributed by atoms with van der Waals surface area (Å²) < 4.78 is 5.39. The molecule has 0 N–H and O–H groups in total. The number of hydrogen-bond acceptors (Lipinski definition) is 3. The molecule has 2 aliphatic heterocycles. The number of carbonyl (C=O) groups is 2. The van der Waals surface area contributed by atoms with E-state index in [0.717, 1.165) is 0 Å². The fourth-order valence-corrected chi connectivity index (χ4v) is 4.59. The van der Waals surface area contributed by atoms with Crippen LogP contribution in [-0.2, 0) is 4.79 Å². The predicted molar refractivity (Wildman–Crippen MR) is 115 cm³/mol. The van der Waals surface area contributed by atoms with Crippen LogP contribution < -0.4 is 4.74 Å². The Morgan fingerprint density at radius 2 is 1.77 bits per heavy atom. The summed E-state index contributed by atoms with van der Waals surface area (Å²) in [5.74, 6) is 3.19. The maximum Gasteiger partial charge on any atom is 0.253 e. The minimum absolute atomic E-state index is 0.00944. The average Bonchev–Trinajstić information content (AvgIpc) is 3.18. The molecule has 0 unspecified atom stereocenters. The van der Waals surface area contributed by atoms with Crippen molar-refractivity contribution in [2.75, 3.05) is 32.8 Å². The van der Waals surface area contributed by atoms with Crippen molar-refractivity contribution in [3.63, 3.8) is 0 Å². The molecule has 30 heavy (non-hydrogen) atoms. The average molecular weight is 400 g/mol. The first-order valence-corrected chi connectivity index (χ1v) is 9.98. The second-order valence-corrected chi connectivity index (χ2v) is 7.93. The van der Waals surface area contributed by atoms with Crippen LogP contribution in [0.5, 0.6) is 5.75 Å². The SMILES string of the molecule is C#CCOc1ccc(C(=O)N2C[C@@H](c3ccccc3)C3(CN(C(=O)C=C)C3)C2)cc1. The zero-order chi connectivity index (χ0) is 21.1. The molecule has 2 fully saturated rings. The van der Waals surface area contributed by atoms with Gasteiger partial charge in [-0.1, -0.05) is 42.8 Å². The van der Waals surface area contributed by atoms with Crippen molar-refractivity contribution in [3.05, 3.63) is 78.4 Å². The molecule has 1 atom stereocenters. The Bertz CT molecular complexity index is 985. The number of benzene rings is 2. The van der Waals surface area contributed by atoms with Crippen molar-refractivity contribution in [2.24, 2.45) is 5.41 Å². The van der Waals surface area contributed by atoms with E-state index in [1.165, 1.54) is 11.6 Å². The summed E-state index contributed by atoms with van der Waals surface area (Å²) in [5, 5.41) is 0. The summed E-state index contributed by atoms with van der Waals surface area (Å²) in [5.41, 5.74) is 1.70. The zero-order valence-corrected chi connectivity index (χ0v) is 16.8. The van der Waals surface area contributed by atoms with Crippen LogP contribution in [0.4, 0.5) is 0 Å². The standard InChI is InChI=1S/C25H24N2O3/c1-3-14-30-21-12-10-20(11-13-21)24(29)26-15-22(19-8-6-5-7-9-19)25(16-26)17-27(18-25)23(28)4-2/h1,4-13,22H,2,14-18H2/t22-/m0/s1. The lowest BCUT2D eigenvalue weighted by Crippen LogP contribution is -2.61. The van der Waals surface area contributed by atoms with Crippen molar-refractivity contribution in [1.29, 1.82) is 0 Å². The van der Waals surface area contributed by atoms with Gasteiger partial charge in [0.1, 0.15) is 12.4 Å². The van der Waals surface area contributed by atoms with Crippen LogP contribution in [0.2, 0.25) is 0 Å². The van der Waals surface area contributed by atoms with Crippen LogP contribution >= 0.6 is 0 Å².